The van der Waals surface area contributed by atoms with E-state index in [0.717, 1.165) is 16.8 Å². The molecule has 0 fully saturated rings. The van der Waals surface area contributed by atoms with E-state index in [0.29, 0.717) is 17.5 Å². The molecule has 0 spiro atoms. The molecule has 0 radical (unpaired) electrons. The van der Waals surface area contributed by atoms with Crippen molar-refractivity contribution in [3.8, 4) is 17.2 Å². The van der Waals surface area contributed by atoms with E-state index in [4.69, 9.17) is 9.26 Å². The van der Waals surface area contributed by atoms with Crippen LogP contribution >= 0.6 is 0 Å². The molecule has 1 aromatic heterocycles. The van der Waals surface area contributed by atoms with Crippen LogP contribution in [0.3, 0.4) is 0 Å². The van der Waals surface area contributed by atoms with Gasteiger partial charge in [-0.2, -0.15) is 4.98 Å². The van der Waals surface area contributed by atoms with Gasteiger partial charge in [0.15, 0.2) is 12.4 Å². The Morgan fingerprint density at radius 1 is 1.17 bits per heavy atom. The van der Waals surface area contributed by atoms with E-state index in [1.807, 2.05) is 55.5 Å². The molecule has 1 aliphatic rings. The third kappa shape index (κ3) is 2.62. The number of carbonyl (C=O) groups is 1. The highest BCUT2D eigenvalue weighted by Gasteiger charge is 2.26. The fourth-order valence-corrected chi connectivity index (χ4v) is 2.68. The lowest BCUT2D eigenvalue weighted by molar-refractivity contribution is -0.121. The molecule has 2 heterocycles. The summed E-state index contributed by atoms with van der Waals surface area (Å²) in [5, 5.41) is 4.00. The van der Waals surface area contributed by atoms with Gasteiger partial charge in [-0.3, -0.25) is 9.69 Å². The summed E-state index contributed by atoms with van der Waals surface area (Å²) in [6.45, 7) is 2.26. The molecule has 120 valence electrons. The number of carbonyl (C=O) groups excluding carboxylic acids is 1. The van der Waals surface area contributed by atoms with Gasteiger partial charge in [-0.1, -0.05) is 35.0 Å². The minimum absolute atomic E-state index is 0.0135. The molecule has 0 bridgehead atoms. The molecule has 0 saturated heterocycles. The number of aryl methyl sites for hydroxylation is 1. The molecule has 2 aromatic carbocycles. The molecule has 4 rings (SSSR count). The molecule has 0 N–H and O–H groups in total. The monoisotopic (exact) mass is 321 g/mol. The predicted molar refractivity (Wildman–Crippen MR) is 87.6 cm³/mol. The predicted octanol–water partition coefficient (Wildman–Crippen LogP) is 2.97. The van der Waals surface area contributed by atoms with Gasteiger partial charge in [0.1, 0.15) is 5.75 Å². The zero-order valence-electron chi connectivity index (χ0n) is 13.1. The SMILES string of the molecule is Cc1cccc(-c2nc(CN3C(=O)COc4ccccc43)no2)c1. The Hall–Kier alpha value is -3.15. The number of hydrogen-bond acceptors (Lipinski definition) is 5. The Balaban J connectivity index is 1.61. The van der Waals surface area contributed by atoms with Crippen molar-refractivity contribution < 1.29 is 14.1 Å². The van der Waals surface area contributed by atoms with E-state index in [-0.39, 0.29) is 19.1 Å². The van der Waals surface area contributed by atoms with Gasteiger partial charge in [0.25, 0.3) is 11.8 Å². The Morgan fingerprint density at radius 3 is 2.92 bits per heavy atom. The normalized spacial score (nSPS) is 13.5. The number of fused-ring (bicyclic) bond motifs is 1. The maximum Gasteiger partial charge on any atom is 0.265 e. The van der Waals surface area contributed by atoms with Crippen molar-refractivity contribution in [1.29, 1.82) is 0 Å². The van der Waals surface area contributed by atoms with Gasteiger partial charge in [-0.15, -0.1) is 0 Å². The number of benzene rings is 2. The van der Waals surface area contributed by atoms with Gasteiger partial charge in [-0.25, -0.2) is 0 Å². The first-order chi connectivity index (χ1) is 11.7. The van der Waals surface area contributed by atoms with Crippen LogP contribution in [0.1, 0.15) is 11.4 Å². The highest BCUT2D eigenvalue weighted by Crippen LogP contribution is 2.32. The van der Waals surface area contributed by atoms with Crippen molar-refractivity contribution in [2.24, 2.45) is 0 Å². The van der Waals surface area contributed by atoms with Gasteiger partial charge >= 0.3 is 0 Å². The van der Waals surface area contributed by atoms with Crippen LogP contribution in [0.4, 0.5) is 5.69 Å². The number of para-hydroxylation sites is 2. The topological polar surface area (TPSA) is 68.5 Å². The molecular weight excluding hydrogens is 306 g/mol. The van der Waals surface area contributed by atoms with Crippen LogP contribution < -0.4 is 9.64 Å². The Kier molecular flexibility index (Phi) is 3.49. The molecule has 0 atom stereocenters. The van der Waals surface area contributed by atoms with Gasteiger partial charge in [-0.05, 0) is 31.2 Å². The molecule has 24 heavy (non-hydrogen) atoms. The number of anilines is 1. The smallest absolute Gasteiger partial charge is 0.265 e. The zero-order valence-corrected chi connectivity index (χ0v) is 13.1. The van der Waals surface area contributed by atoms with Crippen LogP contribution in [0.5, 0.6) is 5.75 Å². The van der Waals surface area contributed by atoms with Crippen molar-refractivity contribution >= 4 is 11.6 Å². The number of hydrogen-bond donors (Lipinski definition) is 0. The van der Waals surface area contributed by atoms with E-state index in [1.165, 1.54) is 0 Å². The Bertz CT molecular complexity index is 904. The minimum Gasteiger partial charge on any atom is -0.482 e. The van der Waals surface area contributed by atoms with Gasteiger partial charge in [0, 0.05) is 5.56 Å². The average molecular weight is 321 g/mol. The summed E-state index contributed by atoms with van der Waals surface area (Å²) in [5.41, 5.74) is 2.70. The highest BCUT2D eigenvalue weighted by molar-refractivity contribution is 5.97. The van der Waals surface area contributed by atoms with Crippen molar-refractivity contribution in [3.63, 3.8) is 0 Å². The van der Waals surface area contributed by atoms with Crippen LogP contribution in [-0.4, -0.2) is 22.7 Å². The minimum atomic E-state index is -0.129. The lowest BCUT2D eigenvalue weighted by Crippen LogP contribution is -2.38. The summed E-state index contributed by atoms with van der Waals surface area (Å²) in [6.07, 6.45) is 0. The number of ether oxygens (including phenoxy) is 1. The van der Waals surface area contributed by atoms with Crippen LogP contribution in [0.2, 0.25) is 0 Å². The van der Waals surface area contributed by atoms with Crippen LogP contribution in [0.25, 0.3) is 11.5 Å². The Labute approximate surface area is 138 Å². The van der Waals surface area contributed by atoms with Gasteiger partial charge < -0.3 is 9.26 Å². The number of rotatable bonds is 3. The standard InChI is InChI=1S/C18H15N3O3/c1-12-5-4-6-13(9-12)18-19-16(20-24-18)10-21-14-7-2-3-8-15(14)23-11-17(21)22/h2-9H,10-11H2,1H3. The van der Waals surface area contributed by atoms with E-state index >= 15 is 0 Å². The van der Waals surface area contributed by atoms with Crippen molar-refractivity contribution in [3.05, 3.63) is 59.9 Å². The van der Waals surface area contributed by atoms with Crippen molar-refractivity contribution in [1.82, 2.24) is 10.1 Å². The van der Waals surface area contributed by atoms with E-state index in [2.05, 4.69) is 10.1 Å². The largest absolute Gasteiger partial charge is 0.482 e. The molecule has 6 nitrogen and oxygen atoms in total. The number of nitrogens with zero attached hydrogens (tertiary/aromatic N) is 3. The van der Waals surface area contributed by atoms with Gasteiger partial charge in [0.2, 0.25) is 0 Å². The summed E-state index contributed by atoms with van der Waals surface area (Å²) >= 11 is 0. The first kappa shape index (κ1) is 14.4. The second-order valence-electron chi connectivity index (χ2n) is 5.62. The van der Waals surface area contributed by atoms with Crippen LogP contribution in [-0.2, 0) is 11.3 Å². The molecular formula is C18H15N3O3. The first-order valence-electron chi connectivity index (χ1n) is 7.62. The van der Waals surface area contributed by atoms with E-state index in [1.54, 1.807) is 4.90 Å². The van der Waals surface area contributed by atoms with Crippen molar-refractivity contribution in [2.45, 2.75) is 13.5 Å². The van der Waals surface area contributed by atoms with Crippen LogP contribution in [0, 0.1) is 6.92 Å². The molecule has 1 aliphatic heterocycles. The second-order valence-corrected chi connectivity index (χ2v) is 5.62. The lowest BCUT2D eigenvalue weighted by atomic mass is 10.1. The lowest BCUT2D eigenvalue weighted by Gasteiger charge is -2.28. The maximum atomic E-state index is 12.2. The van der Waals surface area contributed by atoms with E-state index in [9.17, 15) is 4.79 Å². The summed E-state index contributed by atoms with van der Waals surface area (Å²) < 4.78 is 10.8. The quantitative estimate of drug-likeness (QED) is 0.742. The number of aromatic nitrogens is 2. The average Bonchev–Trinajstić information content (AvgIpc) is 3.06. The molecule has 0 unspecified atom stereocenters. The zero-order chi connectivity index (χ0) is 16.5. The van der Waals surface area contributed by atoms with Crippen molar-refractivity contribution in [2.75, 3.05) is 11.5 Å². The summed E-state index contributed by atoms with van der Waals surface area (Å²) in [7, 11) is 0. The summed E-state index contributed by atoms with van der Waals surface area (Å²) in [4.78, 5) is 18.2. The molecule has 0 aliphatic carbocycles. The van der Waals surface area contributed by atoms with Gasteiger partial charge in [0.05, 0.1) is 12.2 Å². The molecule has 3 aromatic rings. The summed E-state index contributed by atoms with van der Waals surface area (Å²) in [5.74, 6) is 1.45. The fourth-order valence-electron chi connectivity index (χ4n) is 2.68. The highest BCUT2D eigenvalue weighted by atomic mass is 16.5. The molecule has 1 amide bonds. The summed E-state index contributed by atoms with van der Waals surface area (Å²) in [6, 6.07) is 15.3. The first-order valence-corrected chi connectivity index (χ1v) is 7.62. The molecule has 0 saturated carbocycles. The van der Waals surface area contributed by atoms with E-state index < -0.39 is 0 Å². The second kappa shape index (κ2) is 5.81. The maximum absolute atomic E-state index is 12.2. The van der Waals surface area contributed by atoms with Crippen LogP contribution in [0.15, 0.2) is 53.1 Å². The molecule has 6 heteroatoms. The third-order valence-corrected chi connectivity index (χ3v) is 3.84. The number of amides is 1. The third-order valence-electron chi connectivity index (χ3n) is 3.84. The fraction of sp³-hybridized carbons (Fsp3) is 0.167. The Morgan fingerprint density at radius 2 is 2.04 bits per heavy atom.